The number of aliphatic imine (C=N–C) groups is 1. The molecule has 2 aromatic rings. The summed E-state index contributed by atoms with van der Waals surface area (Å²) in [7, 11) is 0. The molecule has 1 aromatic carbocycles. The van der Waals surface area contributed by atoms with E-state index in [4.69, 9.17) is 0 Å². The number of aromatic nitrogens is 3. The van der Waals surface area contributed by atoms with Crippen molar-refractivity contribution in [3.8, 4) is 5.69 Å². The quantitative estimate of drug-likeness (QED) is 0.448. The van der Waals surface area contributed by atoms with E-state index in [1.165, 1.54) is 6.33 Å². The maximum Gasteiger partial charge on any atom is 0.191 e. The highest BCUT2D eigenvalue weighted by Gasteiger charge is 2.00. The molecule has 0 aliphatic heterocycles. The molecule has 0 bridgehead atoms. The maximum atomic E-state index is 4.58. The van der Waals surface area contributed by atoms with Crippen LogP contribution in [0.5, 0.6) is 0 Å². The summed E-state index contributed by atoms with van der Waals surface area (Å²) in [6, 6.07) is 8.50. The first kappa shape index (κ1) is 18.4. The SMILES string of the molecule is CCNC(=NCc1ccc(-n2cncn2)cc1)NC(C)C.I. The molecule has 0 spiro atoms. The fourth-order valence-electron chi connectivity index (χ4n) is 1.86. The van der Waals surface area contributed by atoms with Gasteiger partial charge in [0.25, 0.3) is 0 Å². The van der Waals surface area contributed by atoms with E-state index in [1.54, 1.807) is 11.0 Å². The number of guanidine groups is 1. The third-order valence-electron chi connectivity index (χ3n) is 2.81. The van der Waals surface area contributed by atoms with E-state index in [0.29, 0.717) is 12.6 Å². The lowest BCUT2D eigenvalue weighted by molar-refractivity contribution is 0.700. The van der Waals surface area contributed by atoms with Crippen molar-refractivity contribution >= 4 is 29.9 Å². The molecular weight excluding hydrogens is 391 g/mol. The topological polar surface area (TPSA) is 67.1 Å². The van der Waals surface area contributed by atoms with E-state index in [-0.39, 0.29) is 24.0 Å². The van der Waals surface area contributed by atoms with Crippen molar-refractivity contribution in [3.63, 3.8) is 0 Å². The van der Waals surface area contributed by atoms with Crippen LogP contribution in [0.25, 0.3) is 5.69 Å². The van der Waals surface area contributed by atoms with Gasteiger partial charge in [-0.05, 0) is 38.5 Å². The molecule has 2 N–H and O–H groups in total. The minimum absolute atomic E-state index is 0. The van der Waals surface area contributed by atoms with Crippen molar-refractivity contribution in [3.05, 3.63) is 42.5 Å². The third kappa shape index (κ3) is 5.63. The first-order valence-electron chi connectivity index (χ1n) is 7.18. The highest BCUT2D eigenvalue weighted by atomic mass is 127. The van der Waals surface area contributed by atoms with Crippen molar-refractivity contribution in [1.29, 1.82) is 0 Å². The zero-order chi connectivity index (χ0) is 15.1. The smallest absolute Gasteiger partial charge is 0.191 e. The Bertz CT molecular complexity index is 562. The summed E-state index contributed by atoms with van der Waals surface area (Å²) in [5, 5.41) is 10.6. The van der Waals surface area contributed by atoms with Crippen molar-refractivity contribution in [1.82, 2.24) is 25.4 Å². The van der Waals surface area contributed by atoms with Crippen LogP contribution in [0, 0.1) is 0 Å². The summed E-state index contributed by atoms with van der Waals surface area (Å²) >= 11 is 0. The van der Waals surface area contributed by atoms with Crippen molar-refractivity contribution < 1.29 is 0 Å². The van der Waals surface area contributed by atoms with Gasteiger partial charge >= 0.3 is 0 Å². The minimum Gasteiger partial charge on any atom is -0.357 e. The molecule has 0 radical (unpaired) electrons. The van der Waals surface area contributed by atoms with Gasteiger partial charge in [-0.3, -0.25) is 0 Å². The summed E-state index contributed by atoms with van der Waals surface area (Å²) in [6.07, 6.45) is 3.21. The van der Waals surface area contributed by atoms with E-state index < -0.39 is 0 Å². The van der Waals surface area contributed by atoms with Crippen molar-refractivity contribution in [2.24, 2.45) is 4.99 Å². The summed E-state index contributed by atoms with van der Waals surface area (Å²) < 4.78 is 1.73. The maximum absolute atomic E-state index is 4.58. The Hall–Kier alpha value is -1.64. The highest BCUT2D eigenvalue weighted by molar-refractivity contribution is 14.0. The summed E-state index contributed by atoms with van der Waals surface area (Å²) in [6.45, 7) is 7.74. The van der Waals surface area contributed by atoms with E-state index in [0.717, 1.165) is 23.8 Å². The lowest BCUT2D eigenvalue weighted by atomic mass is 10.2. The molecule has 0 amide bonds. The predicted molar refractivity (Wildman–Crippen MR) is 99.9 cm³/mol. The van der Waals surface area contributed by atoms with Crippen LogP contribution >= 0.6 is 24.0 Å². The average Bonchev–Trinajstić information content (AvgIpc) is 2.99. The molecule has 22 heavy (non-hydrogen) atoms. The summed E-state index contributed by atoms with van der Waals surface area (Å²) in [5.74, 6) is 0.841. The van der Waals surface area contributed by atoms with Crippen LogP contribution in [-0.2, 0) is 6.54 Å². The molecule has 0 unspecified atom stereocenters. The third-order valence-corrected chi connectivity index (χ3v) is 2.81. The van der Waals surface area contributed by atoms with Crippen LogP contribution in [0.3, 0.4) is 0 Å². The molecule has 1 aromatic heterocycles. The Labute approximate surface area is 148 Å². The van der Waals surface area contributed by atoms with Gasteiger partial charge in [0.15, 0.2) is 5.96 Å². The minimum atomic E-state index is 0. The van der Waals surface area contributed by atoms with Crippen LogP contribution in [0.2, 0.25) is 0 Å². The fraction of sp³-hybridized carbons (Fsp3) is 0.400. The van der Waals surface area contributed by atoms with Crippen LogP contribution in [-0.4, -0.2) is 33.3 Å². The molecule has 0 saturated carbocycles. The second-order valence-electron chi connectivity index (χ2n) is 5.00. The lowest BCUT2D eigenvalue weighted by Gasteiger charge is -2.13. The lowest BCUT2D eigenvalue weighted by Crippen LogP contribution is -2.40. The number of halogens is 1. The summed E-state index contributed by atoms with van der Waals surface area (Å²) in [4.78, 5) is 8.52. The Balaban J connectivity index is 0.00000242. The molecule has 7 heteroatoms. The second kappa shape index (κ2) is 9.39. The molecule has 0 aliphatic carbocycles. The molecule has 2 rings (SSSR count). The molecule has 120 valence electrons. The van der Waals surface area contributed by atoms with Gasteiger partial charge in [0.2, 0.25) is 0 Å². The zero-order valence-electron chi connectivity index (χ0n) is 13.2. The van der Waals surface area contributed by atoms with E-state index in [2.05, 4.69) is 58.6 Å². The Morgan fingerprint density at radius 3 is 2.55 bits per heavy atom. The number of rotatable bonds is 5. The Kier molecular flexibility index (Phi) is 7.86. The molecule has 6 nitrogen and oxygen atoms in total. The van der Waals surface area contributed by atoms with Gasteiger partial charge < -0.3 is 10.6 Å². The molecule has 0 fully saturated rings. The first-order chi connectivity index (χ1) is 10.2. The number of hydrogen-bond donors (Lipinski definition) is 2. The fourth-order valence-corrected chi connectivity index (χ4v) is 1.86. The normalized spacial score (nSPS) is 11.2. The molecule has 0 aliphatic rings. The number of nitrogens with one attached hydrogen (secondary N) is 2. The predicted octanol–water partition coefficient (Wildman–Crippen LogP) is 2.35. The first-order valence-corrected chi connectivity index (χ1v) is 7.18. The molecule has 0 saturated heterocycles. The molecular formula is C15H23IN6. The monoisotopic (exact) mass is 414 g/mol. The average molecular weight is 414 g/mol. The van der Waals surface area contributed by atoms with Crippen LogP contribution < -0.4 is 10.6 Å². The second-order valence-corrected chi connectivity index (χ2v) is 5.00. The number of hydrogen-bond acceptors (Lipinski definition) is 3. The van der Waals surface area contributed by atoms with Crippen LogP contribution in [0.4, 0.5) is 0 Å². The van der Waals surface area contributed by atoms with E-state index >= 15 is 0 Å². The van der Waals surface area contributed by atoms with Gasteiger partial charge in [-0.1, -0.05) is 12.1 Å². The Morgan fingerprint density at radius 1 is 1.27 bits per heavy atom. The number of benzene rings is 1. The largest absolute Gasteiger partial charge is 0.357 e. The highest BCUT2D eigenvalue weighted by Crippen LogP contribution is 2.08. The van der Waals surface area contributed by atoms with Gasteiger partial charge in [0, 0.05) is 12.6 Å². The van der Waals surface area contributed by atoms with Crippen molar-refractivity contribution in [2.75, 3.05) is 6.54 Å². The standard InChI is InChI=1S/C15H22N6.HI/c1-4-17-15(20-12(2)3)18-9-13-5-7-14(8-6-13)21-11-16-10-19-21;/h5-8,10-12H,4,9H2,1-3H3,(H2,17,18,20);1H. The molecule has 1 heterocycles. The van der Waals surface area contributed by atoms with Gasteiger partial charge in [-0.15, -0.1) is 24.0 Å². The van der Waals surface area contributed by atoms with Gasteiger partial charge in [-0.2, -0.15) is 5.10 Å². The van der Waals surface area contributed by atoms with E-state index in [9.17, 15) is 0 Å². The van der Waals surface area contributed by atoms with Gasteiger partial charge in [0.05, 0.1) is 12.2 Å². The van der Waals surface area contributed by atoms with Crippen molar-refractivity contribution in [2.45, 2.75) is 33.4 Å². The Morgan fingerprint density at radius 2 is 2.00 bits per heavy atom. The van der Waals surface area contributed by atoms with Crippen LogP contribution in [0.1, 0.15) is 26.3 Å². The number of nitrogens with zero attached hydrogens (tertiary/aromatic N) is 4. The van der Waals surface area contributed by atoms with Gasteiger partial charge in [-0.25, -0.2) is 14.7 Å². The summed E-state index contributed by atoms with van der Waals surface area (Å²) in [5.41, 5.74) is 2.15. The molecule has 0 atom stereocenters. The van der Waals surface area contributed by atoms with E-state index in [1.807, 2.05) is 12.1 Å². The zero-order valence-corrected chi connectivity index (χ0v) is 15.5. The van der Waals surface area contributed by atoms with Gasteiger partial charge in [0.1, 0.15) is 12.7 Å². The van der Waals surface area contributed by atoms with Crippen LogP contribution in [0.15, 0.2) is 41.9 Å².